The molecular formula is C16H20N8O. The zero-order chi connectivity index (χ0) is 17.6. The van der Waals surface area contributed by atoms with E-state index in [-0.39, 0.29) is 18.4 Å². The van der Waals surface area contributed by atoms with Gasteiger partial charge in [0.2, 0.25) is 11.9 Å². The van der Waals surface area contributed by atoms with E-state index in [4.69, 9.17) is 5.26 Å². The van der Waals surface area contributed by atoms with E-state index in [0.29, 0.717) is 24.9 Å². The molecular weight excluding hydrogens is 320 g/mol. The van der Waals surface area contributed by atoms with E-state index in [2.05, 4.69) is 25.7 Å². The monoisotopic (exact) mass is 340 g/mol. The van der Waals surface area contributed by atoms with Crippen LogP contribution in [0.25, 0.3) is 0 Å². The molecule has 0 aromatic carbocycles. The predicted octanol–water partition coefficient (Wildman–Crippen LogP) is 1.27. The number of aryl methyl sites for hydroxylation is 1. The van der Waals surface area contributed by atoms with Crippen LogP contribution in [-0.2, 0) is 11.8 Å². The summed E-state index contributed by atoms with van der Waals surface area (Å²) in [5.41, 5.74) is 0.809. The fourth-order valence-corrected chi connectivity index (χ4v) is 2.90. The molecule has 3 heterocycles. The summed E-state index contributed by atoms with van der Waals surface area (Å²) >= 11 is 0. The van der Waals surface area contributed by atoms with Crippen molar-refractivity contribution in [3.8, 4) is 6.07 Å². The normalized spacial score (nSPS) is 16.5. The first-order chi connectivity index (χ1) is 12.2. The molecule has 2 aromatic heterocycles. The lowest BCUT2D eigenvalue weighted by molar-refractivity contribution is -0.130. The van der Waals surface area contributed by atoms with Crippen LogP contribution < -0.4 is 10.6 Å². The zero-order valence-corrected chi connectivity index (χ0v) is 14.0. The van der Waals surface area contributed by atoms with Crippen LogP contribution in [0.4, 0.5) is 17.5 Å². The smallest absolute Gasteiger partial charge is 0.237 e. The number of nitriles is 1. The molecule has 0 saturated carbocycles. The van der Waals surface area contributed by atoms with Crippen molar-refractivity contribution in [3.05, 3.63) is 24.7 Å². The quantitative estimate of drug-likeness (QED) is 0.814. The summed E-state index contributed by atoms with van der Waals surface area (Å²) in [5.74, 6) is 1.05. The molecule has 0 bridgehead atoms. The number of nitrogens with one attached hydrogen (secondary N) is 2. The number of aromatic nitrogens is 4. The van der Waals surface area contributed by atoms with Gasteiger partial charge < -0.3 is 15.5 Å². The van der Waals surface area contributed by atoms with Gasteiger partial charge in [0.15, 0.2) is 0 Å². The summed E-state index contributed by atoms with van der Waals surface area (Å²) in [5, 5.41) is 19.1. The summed E-state index contributed by atoms with van der Waals surface area (Å²) in [6.07, 6.45) is 7.02. The Balaban J connectivity index is 1.59. The molecule has 9 heteroatoms. The Labute approximate surface area is 145 Å². The highest BCUT2D eigenvalue weighted by atomic mass is 16.2. The van der Waals surface area contributed by atoms with E-state index in [9.17, 15) is 4.79 Å². The fraction of sp³-hybridized carbons (Fsp3) is 0.438. The number of hydrogen-bond acceptors (Lipinski definition) is 7. The first-order valence-electron chi connectivity index (χ1n) is 8.14. The molecule has 0 aliphatic carbocycles. The Morgan fingerprint density at radius 1 is 1.52 bits per heavy atom. The Hall–Kier alpha value is -3.15. The fourth-order valence-electron chi connectivity index (χ4n) is 2.90. The van der Waals surface area contributed by atoms with E-state index < -0.39 is 0 Å². The van der Waals surface area contributed by atoms with Gasteiger partial charge in [-0.25, -0.2) is 4.98 Å². The molecule has 1 aliphatic heterocycles. The highest BCUT2D eigenvalue weighted by Gasteiger charge is 2.28. The zero-order valence-electron chi connectivity index (χ0n) is 14.0. The minimum absolute atomic E-state index is 0.0663. The third-order valence-corrected chi connectivity index (χ3v) is 4.06. The van der Waals surface area contributed by atoms with Crippen molar-refractivity contribution in [2.24, 2.45) is 7.05 Å². The molecule has 1 aliphatic rings. The number of hydrogen-bond donors (Lipinski definition) is 2. The summed E-state index contributed by atoms with van der Waals surface area (Å²) < 4.78 is 1.69. The molecule has 9 nitrogen and oxygen atoms in total. The lowest BCUT2D eigenvalue weighted by Gasteiger charge is -2.24. The van der Waals surface area contributed by atoms with E-state index in [1.807, 2.05) is 19.3 Å². The second-order valence-corrected chi connectivity index (χ2v) is 5.89. The molecule has 1 saturated heterocycles. The van der Waals surface area contributed by atoms with Crippen LogP contribution in [0.15, 0.2) is 24.7 Å². The molecule has 0 radical (unpaired) electrons. The standard InChI is InChI=1S/C16H20N8O/c1-23-11-12(9-20-23)21-16-18-7-5-14(22-16)19-10-13-3-2-8-24(13)15(25)4-6-17/h5,7,9,11,13H,2-4,8,10H2,1H3,(H2,18,19,21,22)/t13-/m1/s1. The Bertz CT molecular complexity index is 780. The molecule has 2 aromatic rings. The van der Waals surface area contributed by atoms with Gasteiger partial charge in [-0.05, 0) is 18.9 Å². The van der Waals surface area contributed by atoms with Crippen LogP contribution >= 0.6 is 0 Å². The number of amides is 1. The minimum Gasteiger partial charge on any atom is -0.368 e. The maximum atomic E-state index is 12.0. The van der Waals surface area contributed by atoms with Crippen molar-refractivity contribution >= 4 is 23.4 Å². The number of carbonyl (C=O) groups excluding carboxylic acids is 1. The minimum atomic E-state index is -0.103. The van der Waals surface area contributed by atoms with E-state index in [1.165, 1.54) is 0 Å². The molecule has 0 unspecified atom stereocenters. The average molecular weight is 340 g/mol. The average Bonchev–Trinajstić information content (AvgIpc) is 3.22. The first kappa shape index (κ1) is 16.7. The predicted molar refractivity (Wildman–Crippen MR) is 92.0 cm³/mol. The summed E-state index contributed by atoms with van der Waals surface area (Å²) in [6, 6.07) is 3.79. The Morgan fingerprint density at radius 2 is 2.40 bits per heavy atom. The maximum absolute atomic E-state index is 12.0. The first-order valence-corrected chi connectivity index (χ1v) is 8.14. The van der Waals surface area contributed by atoms with Crippen molar-refractivity contribution < 1.29 is 4.79 Å². The Morgan fingerprint density at radius 3 is 3.16 bits per heavy atom. The number of anilines is 3. The van der Waals surface area contributed by atoms with E-state index in [1.54, 1.807) is 28.0 Å². The van der Waals surface area contributed by atoms with Gasteiger partial charge in [0.25, 0.3) is 0 Å². The third kappa shape index (κ3) is 4.23. The van der Waals surface area contributed by atoms with Gasteiger partial charge in [-0.2, -0.15) is 15.3 Å². The number of likely N-dealkylation sites (tertiary alicyclic amines) is 1. The molecule has 2 N–H and O–H groups in total. The highest BCUT2D eigenvalue weighted by molar-refractivity contribution is 5.78. The van der Waals surface area contributed by atoms with Crippen LogP contribution in [0.1, 0.15) is 19.3 Å². The van der Waals surface area contributed by atoms with Crippen molar-refractivity contribution in [1.82, 2.24) is 24.6 Å². The van der Waals surface area contributed by atoms with Crippen molar-refractivity contribution in [2.45, 2.75) is 25.3 Å². The topological polar surface area (TPSA) is 112 Å². The van der Waals surface area contributed by atoms with Crippen LogP contribution in [0.2, 0.25) is 0 Å². The van der Waals surface area contributed by atoms with Crippen LogP contribution in [0, 0.1) is 11.3 Å². The highest BCUT2D eigenvalue weighted by Crippen LogP contribution is 2.19. The van der Waals surface area contributed by atoms with Crippen LogP contribution in [-0.4, -0.2) is 49.7 Å². The van der Waals surface area contributed by atoms with Gasteiger partial charge in [-0.1, -0.05) is 0 Å². The second-order valence-electron chi connectivity index (χ2n) is 5.89. The summed E-state index contributed by atoms with van der Waals surface area (Å²) in [7, 11) is 1.84. The van der Waals surface area contributed by atoms with Gasteiger partial charge in [0.05, 0.1) is 18.0 Å². The number of rotatable bonds is 6. The lowest BCUT2D eigenvalue weighted by Crippen LogP contribution is -2.39. The molecule has 0 spiro atoms. The van der Waals surface area contributed by atoms with Gasteiger partial charge in [0.1, 0.15) is 12.2 Å². The molecule has 25 heavy (non-hydrogen) atoms. The molecule has 1 amide bonds. The molecule has 130 valence electrons. The Kier molecular flexibility index (Phi) is 5.09. The van der Waals surface area contributed by atoms with Crippen LogP contribution in [0.3, 0.4) is 0 Å². The molecule has 1 atom stereocenters. The van der Waals surface area contributed by atoms with Crippen molar-refractivity contribution in [2.75, 3.05) is 23.7 Å². The van der Waals surface area contributed by atoms with Crippen molar-refractivity contribution in [1.29, 1.82) is 5.26 Å². The molecule has 1 fully saturated rings. The van der Waals surface area contributed by atoms with E-state index in [0.717, 1.165) is 18.5 Å². The maximum Gasteiger partial charge on any atom is 0.237 e. The van der Waals surface area contributed by atoms with Gasteiger partial charge in [0, 0.05) is 38.6 Å². The van der Waals surface area contributed by atoms with Gasteiger partial charge >= 0.3 is 0 Å². The summed E-state index contributed by atoms with van der Waals surface area (Å²) in [6.45, 7) is 1.31. The molecule has 3 rings (SSSR count). The van der Waals surface area contributed by atoms with Crippen molar-refractivity contribution in [3.63, 3.8) is 0 Å². The SMILES string of the molecule is Cn1cc(Nc2nccc(NC[C@H]3CCCN3C(=O)CC#N)n2)cn1. The lowest BCUT2D eigenvalue weighted by atomic mass is 10.2. The second kappa shape index (κ2) is 7.61. The number of carbonyl (C=O) groups is 1. The third-order valence-electron chi connectivity index (χ3n) is 4.06. The van der Waals surface area contributed by atoms with Gasteiger partial charge in [-0.15, -0.1) is 0 Å². The largest absolute Gasteiger partial charge is 0.368 e. The van der Waals surface area contributed by atoms with Crippen LogP contribution in [0.5, 0.6) is 0 Å². The van der Waals surface area contributed by atoms with Gasteiger partial charge in [-0.3, -0.25) is 9.48 Å². The number of nitrogens with zero attached hydrogens (tertiary/aromatic N) is 6. The summed E-state index contributed by atoms with van der Waals surface area (Å²) in [4.78, 5) is 22.4. The van der Waals surface area contributed by atoms with E-state index >= 15 is 0 Å².